The zero-order valence-electron chi connectivity index (χ0n) is 12.3. The Balaban J connectivity index is 2.54. The van der Waals surface area contributed by atoms with Crippen LogP contribution in [0.2, 0.25) is 0 Å². The van der Waals surface area contributed by atoms with Gasteiger partial charge in [0.15, 0.2) is 0 Å². The SMILES string of the molecule is CC(I)C(=O)CCOCCC(=O)Oc1c(F)c(F)c(F)c(F)c1F. The quantitative estimate of drug-likeness (QED) is 0.0861. The van der Waals surface area contributed by atoms with Gasteiger partial charge in [0.1, 0.15) is 5.78 Å². The van der Waals surface area contributed by atoms with E-state index in [1.807, 2.05) is 22.6 Å². The molecule has 0 aromatic heterocycles. The van der Waals surface area contributed by atoms with E-state index in [4.69, 9.17) is 4.74 Å². The summed E-state index contributed by atoms with van der Waals surface area (Å²) in [4.78, 5) is 22.7. The first kappa shape index (κ1) is 20.7. The lowest BCUT2D eigenvalue weighted by atomic mass is 10.2. The van der Waals surface area contributed by atoms with Gasteiger partial charge in [0.2, 0.25) is 34.8 Å². The molecular formula is C14H12F5IO4. The zero-order valence-corrected chi connectivity index (χ0v) is 14.5. The Morgan fingerprint density at radius 3 is 1.88 bits per heavy atom. The summed E-state index contributed by atoms with van der Waals surface area (Å²) in [7, 11) is 0. The molecule has 0 saturated carbocycles. The van der Waals surface area contributed by atoms with Gasteiger partial charge in [-0.1, -0.05) is 22.6 Å². The third kappa shape index (κ3) is 5.36. The van der Waals surface area contributed by atoms with E-state index >= 15 is 0 Å². The lowest BCUT2D eigenvalue weighted by molar-refractivity contribution is -0.136. The van der Waals surface area contributed by atoms with E-state index in [2.05, 4.69) is 4.74 Å². The Labute approximate surface area is 147 Å². The summed E-state index contributed by atoms with van der Waals surface area (Å²) in [6.07, 6.45) is -0.371. The van der Waals surface area contributed by atoms with Crippen molar-refractivity contribution in [3.05, 3.63) is 29.1 Å². The van der Waals surface area contributed by atoms with Gasteiger partial charge in [-0.15, -0.1) is 0 Å². The van der Waals surface area contributed by atoms with Gasteiger partial charge < -0.3 is 9.47 Å². The molecule has 134 valence electrons. The second-order valence-electron chi connectivity index (χ2n) is 4.57. The molecule has 4 nitrogen and oxygen atoms in total. The van der Waals surface area contributed by atoms with Crippen LogP contribution < -0.4 is 4.74 Å². The molecule has 0 saturated heterocycles. The number of rotatable bonds is 8. The maximum absolute atomic E-state index is 13.3. The number of Topliss-reactive ketones (excluding diaryl/α,β-unsaturated/α-hetero) is 1. The highest BCUT2D eigenvalue weighted by atomic mass is 127. The molecule has 10 heteroatoms. The molecule has 1 atom stereocenters. The molecule has 0 spiro atoms. The number of carbonyl (C=O) groups is 2. The van der Waals surface area contributed by atoms with Crippen molar-refractivity contribution in [2.45, 2.75) is 23.7 Å². The third-order valence-electron chi connectivity index (χ3n) is 2.77. The number of carbonyl (C=O) groups excluding carboxylic acids is 2. The molecule has 0 aliphatic carbocycles. The van der Waals surface area contributed by atoms with Gasteiger partial charge >= 0.3 is 5.97 Å². The minimum absolute atomic E-state index is 0.0297. The Bertz CT molecular complexity index is 607. The molecule has 0 bridgehead atoms. The van der Waals surface area contributed by atoms with Gasteiger partial charge in [-0.3, -0.25) is 9.59 Å². The molecule has 1 aromatic carbocycles. The van der Waals surface area contributed by atoms with Crippen LogP contribution >= 0.6 is 22.6 Å². The van der Waals surface area contributed by atoms with Gasteiger partial charge in [-0.2, -0.15) is 8.78 Å². The molecular weight excluding hydrogens is 454 g/mol. The van der Waals surface area contributed by atoms with Crippen LogP contribution in [0, 0.1) is 29.1 Å². The minimum atomic E-state index is -2.35. The van der Waals surface area contributed by atoms with Crippen molar-refractivity contribution < 1.29 is 41.0 Å². The van der Waals surface area contributed by atoms with E-state index in [1.54, 1.807) is 6.92 Å². The Morgan fingerprint density at radius 2 is 1.38 bits per heavy atom. The second-order valence-corrected chi connectivity index (χ2v) is 6.44. The number of esters is 1. The normalized spacial score (nSPS) is 12.1. The second kappa shape index (κ2) is 9.25. The number of benzene rings is 1. The number of hydrogen-bond donors (Lipinski definition) is 0. The summed E-state index contributed by atoms with van der Waals surface area (Å²) in [6, 6.07) is 0. The predicted octanol–water partition coefficient (Wildman–Crippen LogP) is 3.48. The lowest BCUT2D eigenvalue weighted by Gasteiger charge is -2.09. The lowest BCUT2D eigenvalue weighted by Crippen LogP contribution is -2.16. The predicted molar refractivity (Wildman–Crippen MR) is 80.4 cm³/mol. The molecule has 0 N–H and O–H groups in total. The molecule has 1 unspecified atom stereocenters. The van der Waals surface area contributed by atoms with Crippen molar-refractivity contribution >= 4 is 34.3 Å². The van der Waals surface area contributed by atoms with Crippen LogP contribution in [-0.4, -0.2) is 28.9 Å². The smallest absolute Gasteiger partial charge is 0.313 e. The summed E-state index contributed by atoms with van der Waals surface area (Å²) in [6.45, 7) is 1.49. The van der Waals surface area contributed by atoms with E-state index in [1.165, 1.54) is 0 Å². The Hall–Kier alpha value is -1.30. The van der Waals surface area contributed by atoms with Crippen molar-refractivity contribution in [3.8, 4) is 5.75 Å². The molecule has 24 heavy (non-hydrogen) atoms. The molecule has 1 rings (SSSR count). The van der Waals surface area contributed by atoms with E-state index in [9.17, 15) is 31.5 Å². The first-order chi connectivity index (χ1) is 11.2. The van der Waals surface area contributed by atoms with Crippen LogP contribution in [0.15, 0.2) is 0 Å². The maximum Gasteiger partial charge on any atom is 0.313 e. The summed E-state index contributed by atoms with van der Waals surface area (Å²) < 4.78 is 74.3. The van der Waals surface area contributed by atoms with Crippen LogP contribution in [0.4, 0.5) is 22.0 Å². The molecule has 1 aromatic rings. The van der Waals surface area contributed by atoms with E-state index < -0.39 is 47.2 Å². The van der Waals surface area contributed by atoms with Gasteiger partial charge in [0.05, 0.1) is 23.6 Å². The van der Waals surface area contributed by atoms with Gasteiger partial charge in [-0.25, -0.2) is 13.2 Å². The van der Waals surface area contributed by atoms with Crippen molar-refractivity contribution in [2.24, 2.45) is 0 Å². The fraction of sp³-hybridized carbons (Fsp3) is 0.429. The fourth-order valence-corrected chi connectivity index (χ4v) is 1.78. The number of alkyl halides is 1. The average Bonchev–Trinajstić information content (AvgIpc) is 2.54. The highest BCUT2D eigenvalue weighted by molar-refractivity contribution is 14.1. The van der Waals surface area contributed by atoms with Crippen molar-refractivity contribution in [3.63, 3.8) is 0 Å². The van der Waals surface area contributed by atoms with Crippen LogP contribution in [0.25, 0.3) is 0 Å². The maximum atomic E-state index is 13.3. The highest BCUT2D eigenvalue weighted by Crippen LogP contribution is 2.29. The largest absolute Gasteiger partial charge is 0.420 e. The number of hydrogen-bond acceptors (Lipinski definition) is 4. The van der Waals surface area contributed by atoms with E-state index in [0.717, 1.165) is 0 Å². The van der Waals surface area contributed by atoms with Gasteiger partial charge in [0, 0.05) is 6.42 Å². The third-order valence-corrected chi connectivity index (χ3v) is 3.47. The van der Waals surface area contributed by atoms with E-state index in [0.29, 0.717) is 0 Å². The Kier molecular flexibility index (Phi) is 8.00. The first-order valence-corrected chi connectivity index (χ1v) is 7.88. The van der Waals surface area contributed by atoms with Gasteiger partial charge in [0.25, 0.3) is 0 Å². The Morgan fingerprint density at radius 1 is 0.917 bits per heavy atom. The molecule has 0 heterocycles. The minimum Gasteiger partial charge on any atom is -0.420 e. The topological polar surface area (TPSA) is 52.6 Å². The molecule has 0 aliphatic rings. The molecule has 0 amide bonds. The summed E-state index contributed by atoms with van der Waals surface area (Å²) in [5.74, 6) is -14.2. The van der Waals surface area contributed by atoms with Crippen molar-refractivity contribution in [1.29, 1.82) is 0 Å². The molecule has 0 fully saturated rings. The standard InChI is InChI=1S/C14H12F5IO4/c1-6(20)7(21)2-4-23-5-3-8(22)24-14-12(18)10(16)9(15)11(17)13(14)19/h6H,2-5H2,1H3. The van der Waals surface area contributed by atoms with Crippen LogP contribution in [-0.2, 0) is 14.3 Å². The number of halogens is 6. The number of ether oxygens (including phenoxy) is 2. The fourth-order valence-electron chi connectivity index (χ4n) is 1.47. The highest BCUT2D eigenvalue weighted by Gasteiger charge is 2.28. The number of ketones is 1. The molecule has 0 radical (unpaired) electrons. The van der Waals surface area contributed by atoms with Crippen LogP contribution in [0.1, 0.15) is 19.8 Å². The van der Waals surface area contributed by atoms with E-state index in [-0.39, 0.29) is 29.3 Å². The van der Waals surface area contributed by atoms with Crippen molar-refractivity contribution in [2.75, 3.05) is 13.2 Å². The van der Waals surface area contributed by atoms with Crippen molar-refractivity contribution in [1.82, 2.24) is 0 Å². The average molecular weight is 466 g/mol. The first-order valence-electron chi connectivity index (χ1n) is 6.63. The van der Waals surface area contributed by atoms with Crippen LogP contribution in [0.3, 0.4) is 0 Å². The summed E-state index contributed by atoms with van der Waals surface area (Å²) in [5.41, 5.74) is 0. The molecule has 0 aliphatic heterocycles. The zero-order chi connectivity index (χ0) is 18.4. The van der Waals surface area contributed by atoms with Crippen LogP contribution in [0.5, 0.6) is 5.75 Å². The van der Waals surface area contributed by atoms with Gasteiger partial charge in [-0.05, 0) is 6.92 Å². The summed E-state index contributed by atoms with van der Waals surface area (Å²) >= 11 is 1.93. The summed E-state index contributed by atoms with van der Waals surface area (Å²) in [5, 5.41) is 0. The monoisotopic (exact) mass is 466 g/mol.